The van der Waals surface area contributed by atoms with E-state index in [-0.39, 0.29) is 28.9 Å². The highest BCUT2D eigenvalue weighted by molar-refractivity contribution is 8.26. The highest BCUT2D eigenvalue weighted by Crippen LogP contribution is 2.36. The van der Waals surface area contributed by atoms with Crippen LogP contribution in [-0.2, 0) is 20.9 Å². The molecule has 35 heavy (non-hydrogen) atoms. The molecule has 0 aromatic carbocycles. The maximum atomic E-state index is 13.3. The third-order valence-corrected chi connectivity index (χ3v) is 7.55. The number of pyridine rings is 1. The summed E-state index contributed by atoms with van der Waals surface area (Å²) < 4.78 is 7.27. The molecule has 1 aromatic rings. The number of nitriles is 1. The fourth-order valence-corrected chi connectivity index (χ4v) is 5.68. The van der Waals surface area contributed by atoms with Crippen LogP contribution in [0, 0.1) is 24.2 Å². The van der Waals surface area contributed by atoms with E-state index in [0.717, 1.165) is 0 Å². The molecule has 1 amide bonds. The van der Waals surface area contributed by atoms with E-state index in [1.54, 1.807) is 30.6 Å². The molecule has 3 heterocycles. The van der Waals surface area contributed by atoms with Gasteiger partial charge in [0.05, 0.1) is 17.4 Å². The van der Waals surface area contributed by atoms with Crippen molar-refractivity contribution in [3.8, 4) is 6.07 Å². The second-order valence-corrected chi connectivity index (χ2v) is 10.1. The fourth-order valence-electron chi connectivity index (χ4n) is 4.42. The number of nitrogens with zero attached hydrogens (tertiary/aromatic N) is 4. The standard InChI is InChI=1S/C25H30N4O4S2/c1-5-10-28-21(27-12-8-17(9-13-27)24(32)33-7-3)18(16(4)19(15-26)22(28)30)14-20-23(31)29(11-6-2)25(34)35-20/h6,14,17H,2,5,7-13H2,1,3-4H3. The zero-order chi connectivity index (χ0) is 25.7. The van der Waals surface area contributed by atoms with E-state index in [1.807, 2.05) is 6.92 Å². The molecule has 186 valence electrons. The van der Waals surface area contributed by atoms with Gasteiger partial charge in [-0.2, -0.15) is 5.26 Å². The number of thiocarbonyl (C=S) groups is 1. The molecule has 8 nitrogen and oxygen atoms in total. The molecular weight excluding hydrogens is 484 g/mol. The van der Waals surface area contributed by atoms with Crippen LogP contribution < -0.4 is 10.5 Å². The Morgan fingerprint density at radius 2 is 2.00 bits per heavy atom. The molecule has 0 saturated carbocycles. The third kappa shape index (κ3) is 5.36. The van der Waals surface area contributed by atoms with Crippen molar-refractivity contribution in [2.45, 2.75) is 46.6 Å². The van der Waals surface area contributed by atoms with Gasteiger partial charge in [0, 0.05) is 31.7 Å². The summed E-state index contributed by atoms with van der Waals surface area (Å²) in [5.74, 6) is 0.0681. The Kier molecular flexibility index (Phi) is 8.92. The highest BCUT2D eigenvalue weighted by Gasteiger charge is 2.34. The van der Waals surface area contributed by atoms with Crippen molar-refractivity contribution in [3.05, 3.63) is 44.6 Å². The van der Waals surface area contributed by atoms with Gasteiger partial charge in [-0.3, -0.25) is 23.9 Å². The Bertz CT molecular complexity index is 1170. The summed E-state index contributed by atoms with van der Waals surface area (Å²) in [4.78, 5) is 42.5. The van der Waals surface area contributed by atoms with Gasteiger partial charge in [0.1, 0.15) is 21.8 Å². The third-order valence-electron chi connectivity index (χ3n) is 6.17. The number of aromatic nitrogens is 1. The number of hydrogen-bond donors (Lipinski definition) is 0. The second kappa shape index (κ2) is 11.7. The van der Waals surface area contributed by atoms with Crippen LogP contribution in [0.2, 0.25) is 0 Å². The van der Waals surface area contributed by atoms with E-state index >= 15 is 0 Å². The first-order valence-corrected chi connectivity index (χ1v) is 13.0. The molecular formula is C25H30N4O4S2. The number of ether oxygens (including phenoxy) is 1. The smallest absolute Gasteiger partial charge is 0.309 e. The first-order valence-electron chi connectivity index (χ1n) is 11.7. The van der Waals surface area contributed by atoms with Crippen molar-refractivity contribution in [2.24, 2.45) is 5.92 Å². The number of esters is 1. The molecule has 1 aromatic heterocycles. The molecule has 0 atom stereocenters. The number of carbonyl (C=O) groups excluding carboxylic acids is 2. The molecule has 2 saturated heterocycles. The predicted octanol–water partition coefficient (Wildman–Crippen LogP) is 3.61. The van der Waals surface area contributed by atoms with Gasteiger partial charge < -0.3 is 9.64 Å². The van der Waals surface area contributed by atoms with Gasteiger partial charge >= 0.3 is 5.97 Å². The zero-order valence-electron chi connectivity index (χ0n) is 20.3. The molecule has 0 spiro atoms. The number of rotatable bonds is 8. The van der Waals surface area contributed by atoms with Gasteiger partial charge in [0.25, 0.3) is 11.5 Å². The Morgan fingerprint density at radius 3 is 2.57 bits per heavy atom. The Hall–Kier alpha value is -2.90. The van der Waals surface area contributed by atoms with Crippen molar-refractivity contribution in [1.29, 1.82) is 5.26 Å². The fraction of sp³-hybridized carbons (Fsp3) is 0.480. The van der Waals surface area contributed by atoms with E-state index in [1.165, 1.54) is 16.7 Å². The van der Waals surface area contributed by atoms with Crippen LogP contribution in [0.25, 0.3) is 6.08 Å². The normalized spacial score (nSPS) is 17.7. The zero-order valence-corrected chi connectivity index (χ0v) is 22.0. The van der Waals surface area contributed by atoms with Crippen LogP contribution in [0.1, 0.15) is 49.8 Å². The van der Waals surface area contributed by atoms with Crippen molar-refractivity contribution < 1.29 is 14.3 Å². The van der Waals surface area contributed by atoms with E-state index in [2.05, 4.69) is 17.5 Å². The first kappa shape index (κ1) is 26.7. The molecule has 2 aliphatic rings. The van der Waals surface area contributed by atoms with Crippen LogP contribution in [0.3, 0.4) is 0 Å². The monoisotopic (exact) mass is 514 g/mol. The van der Waals surface area contributed by atoms with Crippen molar-refractivity contribution in [2.75, 3.05) is 31.1 Å². The molecule has 3 rings (SSSR count). The summed E-state index contributed by atoms with van der Waals surface area (Å²) in [6, 6.07) is 2.06. The first-order chi connectivity index (χ1) is 16.8. The van der Waals surface area contributed by atoms with Crippen LogP contribution in [0.5, 0.6) is 0 Å². The van der Waals surface area contributed by atoms with Gasteiger partial charge in [0.15, 0.2) is 0 Å². The Morgan fingerprint density at radius 1 is 1.31 bits per heavy atom. The van der Waals surface area contributed by atoms with Gasteiger partial charge in [0.2, 0.25) is 0 Å². The van der Waals surface area contributed by atoms with Crippen molar-refractivity contribution >= 4 is 52.1 Å². The minimum Gasteiger partial charge on any atom is -0.466 e. The molecule has 2 fully saturated rings. The molecule has 0 radical (unpaired) electrons. The van der Waals surface area contributed by atoms with Crippen LogP contribution in [0.15, 0.2) is 22.4 Å². The summed E-state index contributed by atoms with van der Waals surface area (Å²) in [6.07, 6.45) is 5.25. The predicted molar refractivity (Wildman–Crippen MR) is 142 cm³/mol. The molecule has 0 aliphatic carbocycles. The molecule has 2 aliphatic heterocycles. The Balaban J connectivity index is 2.13. The topological polar surface area (TPSA) is 95.6 Å². The number of amides is 1. The lowest BCUT2D eigenvalue weighted by atomic mass is 9.95. The number of carbonyl (C=O) groups is 2. The lowest BCUT2D eigenvalue weighted by Crippen LogP contribution is -2.41. The van der Waals surface area contributed by atoms with Crippen molar-refractivity contribution in [3.63, 3.8) is 0 Å². The molecule has 0 N–H and O–H groups in total. The van der Waals surface area contributed by atoms with Crippen molar-refractivity contribution in [1.82, 2.24) is 9.47 Å². The molecule has 0 unspecified atom stereocenters. The molecule has 10 heteroatoms. The summed E-state index contributed by atoms with van der Waals surface area (Å²) >= 11 is 6.58. The largest absolute Gasteiger partial charge is 0.466 e. The van der Waals surface area contributed by atoms with Gasteiger partial charge in [-0.15, -0.1) is 6.58 Å². The summed E-state index contributed by atoms with van der Waals surface area (Å²) in [6.45, 7) is 11.4. The number of hydrogen-bond acceptors (Lipinski definition) is 8. The van der Waals surface area contributed by atoms with Gasteiger partial charge in [-0.1, -0.05) is 37.0 Å². The number of anilines is 1. The minimum absolute atomic E-state index is 0.0661. The quantitative estimate of drug-likeness (QED) is 0.225. The van der Waals surface area contributed by atoms with E-state index in [9.17, 15) is 19.6 Å². The lowest BCUT2D eigenvalue weighted by molar-refractivity contribution is -0.148. The van der Waals surface area contributed by atoms with Crippen LogP contribution in [-0.4, -0.2) is 51.9 Å². The van der Waals surface area contributed by atoms with Gasteiger partial charge in [-0.05, 0) is 44.7 Å². The number of piperidine rings is 1. The number of thioether (sulfide) groups is 1. The van der Waals surface area contributed by atoms with E-state index in [0.29, 0.717) is 78.2 Å². The minimum atomic E-state index is -0.342. The van der Waals surface area contributed by atoms with E-state index in [4.69, 9.17) is 17.0 Å². The Labute approximate surface area is 215 Å². The van der Waals surface area contributed by atoms with Gasteiger partial charge in [-0.25, -0.2) is 0 Å². The van der Waals surface area contributed by atoms with Crippen LogP contribution in [0.4, 0.5) is 5.82 Å². The average molecular weight is 515 g/mol. The highest BCUT2D eigenvalue weighted by atomic mass is 32.2. The van der Waals surface area contributed by atoms with Crippen LogP contribution >= 0.6 is 24.0 Å². The summed E-state index contributed by atoms with van der Waals surface area (Å²) in [7, 11) is 0. The summed E-state index contributed by atoms with van der Waals surface area (Å²) in [5.41, 5.74) is 0.909. The average Bonchev–Trinajstić information content (AvgIpc) is 3.10. The maximum absolute atomic E-state index is 13.3. The van der Waals surface area contributed by atoms with E-state index < -0.39 is 0 Å². The lowest BCUT2D eigenvalue weighted by Gasteiger charge is -2.35. The molecule has 0 bridgehead atoms. The maximum Gasteiger partial charge on any atom is 0.309 e. The second-order valence-electron chi connectivity index (χ2n) is 8.40. The SMILES string of the molecule is C=CCN1C(=O)C(=Cc2c(C)c(C#N)c(=O)n(CCC)c2N2CCC(C(=O)OCC)CC2)SC1=S. The summed E-state index contributed by atoms with van der Waals surface area (Å²) in [5, 5.41) is 9.77.